The molecule has 0 bridgehead atoms. The molecule has 7 heteroatoms. The molecule has 1 heterocycles. The van der Waals surface area contributed by atoms with Gasteiger partial charge in [-0.05, 0) is 25.5 Å². The van der Waals surface area contributed by atoms with E-state index in [2.05, 4.69) is 15.6 Å². The van der Waals surface area contributed by atoms with E-state index in [1.165, 1.54) is 6.20 Å². The van der Waals surface area contributed by atoms with Gasteiger partial charge in [-0.2, -0.15) is 0 Å². The maximum atomic E-state index is 11.8. The minimum atomic E-state index is -0.333. The van der Waals surface area contributed by atoms with Gasteiger partial charge in [0.25, 0.3) is 5.91 Å². The van der Waals surface area contributed by atoms with E-state index in [0.29, 0.717) is 5.56 Å². The quantitative estimate of drug-likeness (QED) is 0.646. The third-order valence-corrected chi connectivity index (χ3v) is 3.17. The Morgan fingerprint density at radius 3 is 2.67 bits per heavy atom. The molecule has 0 fully saturated rings. The molecule has 1 unspecified atom stereocenters. The van der Waals surface area contributed by atoms with Crippen molar-refractivity contribution in [3.8, 4) is 0 Å². The summed E-state index contributed by atoms with van der Waals surface area (Å²) in [6.45, 7) is 4.19. The molecule has 2 amide bonds. The third-order valence-electron chi connectivity index (χ3n) is 2.94. The molecule has 21 heavy (non-hydrogen) atoms. The summed E-state index contributed by atoms with van der Waals surface area (Å²) in [5, 5.41) is 5.47. The number of hydrogen-bond acceptors (Lipinski definition) is 4. The summed E-state index contributed by atoms with van der Waals surface area (Å²) in [5.41, 5.74) is 6.32. The molecule has 6 nitrogen and oxygen atoms in total. The smallest absolute Gasteiger partial charge is 0.269 e. The SMILES string of the molecule is CCC(C)NC(=O)CCNC(=O)c1ccc(C(N)=S)cn1. The summed E-state index contributed by atoms with van der Waals surface area (Å²) in [6.07, 6.45) is 2.56. The summed E-state index contributed by atoms with van der Waals surface area (Å²) in [4.78, 5) is 27.6. The van der Waals surface area contributed by atoms with Crippen LogP contribution in [0.15, 0.2) is 18.3 Å². The van der Waals surface area contributed by atoms with Crippen LogP contribution in [0.25, 0.3) is 0 Å². The minimum Gasteiger partial charge on any atom is -0.389 e. The van der Waals surface area contributed by atoms with Crippen molar-refractivity contribution >= 4 is 29.0 Å². The van der Waals surface area contributed by atoms with Crippen molar-refractivity contribution in [1.82, 2.24) is 15.6 Å². The van der Waals surface area contributed by atoms with Crippen LogP contribution in [0.1, 0.15) is 42.7 Å². The van der Waals surface area contributed by atoms with Gasteiger partial charge in [-0.15, -0.1) is 0 Å². The number of rotatable bonds is 7. The van der Waals surface area contributed by atoms with Crippen LogP contribution in [0.2, 0.25) is 0 Å². The van der Waals surface area contributed by atoms with Gasteiger partial charge in [0.1, 0.15) is 10.7 Å². The third kappa shape index (κ3) is 5.86. The summed E-state index contributed by atoms with van der Waals surface area (Å²) in [7, 11) is 0. The molecule has 0 saturated heterocycles. The Hall–Kier alpha value is -2.02. The lowest BCUT2D eigenvalue weighted by atomic mass is 10.2. The van der Waals surface area contributed by atoms with Gasteiger partial charge in [0, 0.05) is 30.8 Å². The van der Waals surface area contributed by atoms with Gasteiger partial charge in [-0.3, -0.25) is 14.6 Å². The molecule has 0 saturated carbocycles. The molecule has 0 aliphatic carbocycles. The second-order valence-electron chi connectivity index (χ2n) is 4.68. The average Bonchev–Trinajstić information content (AvgIpc) is 2.46. The van der Waals surface area contributed by atoms with Gasteiger partial charge in [0.2, 0.25) is 5.91 Å². The zero-order valence-electron chi connectivity index (χ0n) is 12.2. The highest BCUT2D eigenvalue weighted by Gasteiger charge is 2.09. The van der Waals surface area contributed by atoms with Crippen LogP contribution in [-0.2, 0) is 4.79 Å². The molecule has 1 aromatic rings. The van der Waals surface area contributed by atoms with Crippen molar-refractivity contribution in [2.75, 3.05) is 6.54 Å². The Balaban J connectivity index is 2.40. The Bertz CT molecular complexity index is 516. The maximum Gasteiger partial charge on any atom is 0.269 e. The first-order chi connectivity index (χ1) is 9.93. The van der Waals surface area contributed by atoms with Crippen molar-refractivity contribution in [1.29, 1.82) is 0 Å². The summed E-state index contributed by atoms with van der Waals surface area (Å²) in [6, 6.07) is 3.32. The van der Waals surface area contributed by atoms with E-state index >= 15 is 0 Å². The summed E-state index contributed by atoms with van der Waals surface area (Å²) >= 11 is 4.81. The Labute approximate surface area is 129 Å². The number of amides is 2. The normalized spacial score (nSPS) is 11.5. The molecular weight excluding hydrogens is 288 g/mol. The highest BCUT2D eigenvalue weighted by atomic mass is 32.1. The topological polar surface area (TPSA) is 97.1 Å². The highest BCUT2D eigenvalue weighted by Crippen LogP contribution is 2.00. The molecule has 114 valence electrons. The van der Waals surface area contributed by atoms with Crippen molar-refractivity contribution in [3.05, 3.63) is 29.6 Å². The van der Waals surface area contributed by atoms with E-state index in [9.17, 15) is 9.59 Å². The largest absolute Gasteiger partial charge is 0.389 e. The van der Waals surface area contributed by atoms with Crippen LogP contribution in [0.3, 0.4) is 0 Å². The number of carbonyl (C=O) groups excluding carboxylic acids is 2. The zero-order valence-corrected chi connectivity index (χ0v) is 13.0. The van der Waals surface area contributed by atoms with E-state index in [1.807, 2.05) is 13.8 Å². The Kier molecular flexibility index (Phi) is 6.74. The number of thiocarbonyl (C=S) groups is 1. The van der Waals surface area contributed by atoms with Gasteiger partial charge in [-0.25, -0.2) is 0 Å². The predicted octanol–water partition coefficient (Wildman–Crippen LogP) is 0.750. The fourth-order valence-corrected chi connectivity index (χ4v) is 1.62. The lowest BCUT2D eigenvalue weighted by Crippen LogP contribution is -2.35. The van der Waals surface area contributed by atoms with E-state index in [4.69, 9.17) is 18.0 Å². The maximum absolute atomic E-state index is 11.8. The molecule has 4 N–H and O–H groups in total. The second kappa shape index (κ2) is 8.31. The van der Waals surface area contributed by atoms with Crippen LogP contribution in [0.5, 0.6) is 0 Å². The van der Waals surface area contributed by atoms with Gasteiger partial charge in [-0.1, -0.05) is 19.1 Å². The average molecular weight is 308 g/mol. The van der Waals surface area contributed by atoms with Crippen LogP contribution >= 0.6 is 12.2 Å². The molecule has 0 radical (unpaired) electrons. The highest BCUT2D eigenvalue weighted by molar-refractivity contribution is 7.80. The second-order valence-corrected chi connectivity index (χ2v) is 5.12. The number of nitrogens with one attached hydrogen (secondary N) is 2. The minimum absolute atomic E-state index is 0.0820. The van der Waals surface area contributed by atoms with E-state index in [1.54, 1.807) is 12.1 Å². The van der Waals surface area contributed by atoms with Crippen molar-refractivity contribution in [2.45, 2.75) is 32.7 Å². The number of carbonyl (C=O) groups is 2. The molecule has 0 spiro atoms. The number of nitrogens with zero attached hydrogens (tertiary/aromatic N) is 1. The summed E-state index contributed by atoms with van der Waals surface area (Å²) < 4.78 is 0. The Morgan fingerprint density at radius 1 is 1.43 bits per heavy atom. The van der Waals surface area contributed by atoms with Gasteiger partial charge >= 0.3 is 0 Å². The molecule has 1 rings (SSSR count). The monoisotopic (exact) mass is 308 g/mol. The van der Waals surface area contributed by atoms with Gasteiger partial charge in [0.05, 0.1) is 0 Å². The van der Waals surface area contributed by atoms with E-state index in [-0.39, 0.29) is 41.5 Å². The van der Waals surface area contributed by atoms with Crippen LogP contribution in [0.4, 0.5) is 0 Å². The van der Waals surface area contributed by atoms with Crippen LogP contribution < -0.4 is 16.4 Å². The Morgan fingerprint density at radius 2 is 2.14 bits per heavy atom. The predicted molar refractivity (Wildman–Crippen MR) is 85.0 cm³/mol. The number of hydrogen-bond donors (Lipinski definition) is 3. The summed E-state index contributed by atoms with van der Waals surface area (Å²) in [5.74, 6) is -0.415. The first-order valence-corrected chi connectivity index (χ1v) is 7.18. The van der Waals surface area contributed by atoms with Crippen LogP contribution in [-0.4, -0.2) is 34.4 Å². The van der Waals surface area contributed by atoms with Crippen molar-refractivity contribution < 1.29 is 9.59 Å². The number of aromatic nitrogens is 1. The van der Waals surface area contributed by atoms with Gasteiger partial charge in [0.15, 0.2) is 0 Å². The fraction of sp³-hybridized carbons (Fsp3) is 0.429. The number of pyridine rings is 1. The first kappa shape index (κ1) is 17.0. The lowest BCUT2D eigenvalue weighted by molar-refractivity contribution is -0.121. The molecule has 0 aromatic carbocycles. The van der Waals surface area contributed by atoms with Crippen LogP contribution in [0, 0.1) is 0 Å². The molecule has 1 atom stereocenters. The van der Waals surface area contributed by atoms with E-state index < -0.39 is 0 Å². The first-order valence-electron chi connectivity index (χ1n) is 6.77. The fourth-order valence-electron chi connectivity index (χ4n) is 1.50. The molecule has 1 aromatic heterocycles. The van der Waals surface area contributed by atoms with Gasteiger partial charge < -0.3 is 16.4 Å². The van der Waals surface area contributed by atoms with Crippen molar-refractivity contribution in [3.63, 3.8) is 0 Å². The molecular formula is C14H20N4O2S. The lowest BCUT2D eigenvalue weighted by Gasteiger charge is -2.11. The number of nitrogens with two attached hydrogens (primary N) is 1. The zero-order chi connectivity index (χ0) is 15.8. The molecule has 0 aliphatic rings. The molecule has 0 aliphatic heterocycles. The van der Waals surface area contributed by atoms with Crippen molar-refractivity contribution in [2.24, 2.45) is 5.73 Å². The van der Waals surface area contributed by atoms with E-state index in [0.717, 1.165) is 6.42 Å². The standard InChI is InChI=1S/C14H20N4O2S/c1-3-9(2)18-12(19)6-7-16-14(20)11-5-4-10(8-17-11)13(15)21/h4-5,8-9H,3,6-7H2,1-2H3,(H2,15,21)(H,16,20)(H,18,19).